The second-order valence-corrected chi connectivity index (χ2v) is 4.89. The summed E-state index contributed by atoms with van der Waals surface area (Å²) in [7, 11) is 3.69. The van der Waals surface area contributed by atoms with Gasteiger partial charge in [-0.3, -0.25) is 4.68 Å². The van der Waals surface area contributed by atoms with Gasteiger partial charge >= 0.3 is 0 Å². The van der Waals surface area contributed by atoms with E-state index in [1.807, 2.05) is 40.1 Å². The van der Waals surface area contributed by atoms with Gasteiger partial charge in [-0.25, -0.2) is 4.39 Å². The van der Waals surface area contributed by atoms with E-state index >= 15 is 0 Å². The molecule has 0 amide bonds. The third kappa shape index (κ3) is 3.17. The maximum Gasteiger partial charge on any atom is 0.165 e. The Morgan fingerprint density at radius 1 is 1.40 bits per heavy atom. The fraction of sp³-hybridized carbons (Fsp3) is 0.400. The number of aromatic nitrogens is 2. The standard InChI is InChI=1S/C15H20FN3O/c1-10-7-13(19(4)18-10)9-20-15-6-5-12(8-14(15)16)11(2)17-3/h5-8,11,17H,9H2,1-4H3. The predicted octanol–water partition coefficient (Wildman–Crippen LogP) is 2.73. The summed E-state index contributed by atoms with van der Waals surface area (Å²) in [5, 5.41) is 7.31. The Morgan fingerprint density at radius 3 is 2.70 bits per heavy atom. The van der Waals surface area contributed by atoms with E-state index in [0.717, 1.165) is 17.0 Å². The van der Waals surface area contributed by atoms with Crippen molar-refractivity contribution in [3.8, 4) is 5.75 Å². The van der Waals surface area contributed by atoms with Crippen LogP contribution in [-0.2, 0) is 13.7 Å². The van der Waals surface area contributed by atoms with E-state index in [1.54, 1.807) is 10.7 Å². The van der Waals surface area contributed by atoms with E-state index in [0.29, 0.717) is 6.61 Å². The van der Waals surface area contributed by atoms with Crippen molar-refractivity contribution < 1.29 is 9.13 Å². The molecular weight excluding hydrogens is 257 g/mol. The average molecular weight is 277 g/mol. The van der Waals surface area contributed by atoms with Crippen molar-refractivity contribution in [3.63, 3.8) is 0 Å². The molecule has 2 rings (SSSR count). The lowest BCUT2D eigenvalue weighted by Crippen LogP contribution is -2.12. The zero-order chi connectivity index (χ0) is 14.7. The minimum Gasteiger partial charge on any atom is -0.484 e. The van der Waals surface area contributed by atoms with Crippen LogP contribution >= 0.6 is 0 Å². The summed E-state index contributed by atoms with van der Waals surface area (Å²) < 4.78 is 21.2. The molecule has 0 spiro atoms. The largest absolute Gasteiger partial charge is 0.484 e. The molecule has 0 fully saturated rings. The molecular formula is C15H20FN3O. The molecule has 1 heterocycles. The Hall–Kier alpha value is -1.88. The van der Waals surface area contributed by atoms with Gasteiger partial charge in [0.2, 0.25) is 0 Å². The summed E-state index contributed by atoms with van der Waals surface area (Å²) in [4.78, 5) is 0. The molecule has 0 saturated carbocycles. The van der Waals surface area contributed by atoms with Gasteiger partial charge in [0, 0.05) is 13.1 Å². The quantitative estimate of drug-likeness (QED) is 0.913. The van der Waals surface area contributed by atoms with Crippen LogP contribution < -0.4 is 10.1 Å². The summed E-state index contributed by atoms with van der Waals surface area (Å²) in [6.07, 6.45) is 0. The Balaban J connectivity index is 2.08. The van der Waals surface area contributed by atoms with E-state index in [4.69, 9.17) is 4.74 Å². The lowest BCUT2D eigenvalue weighted by atomic mass is 10.1. The minimum atomic E-state index is -0.344. The maximum atomic E-state index is 14.0. The number of ether oxygens (including phenoxy) is 1. The molecule has 0 radical (unpaired) electrons. The highest BCUT2D eigenvalue weighted by atomic mass is 19.1. The smallest absolute Gasteiger partial charge is 0.165 e. The van der Waals surface area contributed by atoms with Crippen LogP contribution in [-0.4, -0.2) is 16.8 Å². The highest BCUT2D eigenvalue weighted by Gasteiger charge is 2.10. The van der Waals surface area contributed by atoms with E-state index in [-0.39, 0.29) is 17.6 Å². The molecule has 0 aliphatic heterocycles. The molecule has 0 bridgehead atoms. The highest BCUT2D eigenvalue weighted by molar-refractivity contribution is 5.31. The third-order valence-corrected chi connectivity index (χ3v) is 3.36. The summed E-state index contributed by atoms with van der Waals surface area (Å²) >= 11 is 0. The summed E-state index contributed by atoms with van der Waals surface area (Å²) in [5.41, 5.74) is 2.73. The van der Waals surface area contributed by atoms with Crippen LogP contribution in [0.2, 0.25) is 0 Å². The van der Waals surface area contributed by atoms with Crippen LogP contribution in [0.1, 0.15) is 29.9 Å². The Morgan fingerprint density at radius 2 is 2.15 bits per heavy atom. The molecule has 0 aliphatic rings. The van der Waals surface area contributed by atoms with Gasteiger partial charge in [0.15, 0.2) is 11.6 Å². The second kappa shape index (κ2) is 6.05. The topological polar surface area (TPSA) is 39.1 Å². The Labute approximate surface area is 118 Å². The van der Waals surface area contributed by atoms with Crippen molar-refractivity contribution in [2.75, 3.05) is 7.05 Å². The Bertz CT molecular complexity index is 595. The SMILES string of the molecule is CNC(C)c1ccc(OCc2cc(C)nn2C)c(F)c1. The summed E-state index contributed by atoms with van der Waals surface area (Å²) in [6.45, 7) is 4.20. The van der Waals surface area contributed by atoms with Crippen LogP contribution in [0.25, 0.3) is 0 Å². The van der Waals surface area contributed by atoms with Gasteiger partial charge in [0.1, 0.15) is 6.61 Å². The van der Waals surface area contributed by atoms with Crippen molar-refractivity contribution >= 4 is 0 Å². The Kier molecular flexibility index (Phi) is 4.39. The monoisotopic (exact) mass is 277 g/mol. The van der Waals surface area contributed by atoms with Crippen LogP contribution in [0.3, 0.4) is 0 Å². The molecule has 4 nitrogen and oxygen atoms in total. The molecule has 1 atom stereocenters. The molecule has 1 aromatic carbocycles. The number of nitrogens with zero attached hydrogens (tertiary/aromatic N) is 2. The molecule has 1 aromatic heterocycles. The van der Waals surface area contributed by atoms with E-state index < -0.39 is 0 Å². The number of benzene rings is 1. The van der Waals surface area contributed by atoms with Crippen LogP contribution in [0, 0.1) is 12.7 Å². The first kappa shape index (κ1) is 14.5. The summed E-state index contributed by atoms with van der Waals surface area (Å²) in [5.74, 6) is -0.0839. The molecule has 1 N–H and O–H groups in total. The van der Waals surface area contributed by atoms with Gasteiger partial charge in [0.05, 0.1) is 11.4 Å². The van der Waals surface area contributed by atoms with Crippen molar-refractivity contribution in [1.82, 2.24) is 15.1 Å². The normalized spacial score (nSPS) is 12.4. The zero-order valence-electron chi connectivity index (χ0n) is 12.3. The van der Waals surface area contributed by atoms with Gasteiger partial charge in [-0.2, -0.15) is 5.10 Å². The van der Waals surface area contributed by atoms with E-state index in [1.165, 1.54) is 6.07 Å². The molecule has 0 aliphatic carbocycles. The van der Waals surface area contributed by atoms with Gasteiger partial charge in [-0.05, 0) is 44.7 Å². The molecule has 108 valence electrons. The molecule has 5 heteroatoms. The number of rotatable bonds is 5. The van der Waals surface area contributed by atoms with Crippen molar-refractivity contribution in [2.24, 2.45) is 7.05 Å². The number of nitrogens with one attached hydrogen (secondary N) is 1. The fourth-order valence-corrected chi connectivity index (χ4v) is 2.02. The van der Waals surface area contributed by atoms with Crippen LogP contribution in [0.5, 0.6) is 5.75 Å². The summed E-state index contributed by atoms with van der Waals surface area (Å²) in [6, 6.07) is 7.08. The van der Waals surface area contributed by atoms with Gasteiger partial charge in [-0.15, -0.1) is 0 Å². The maximum absolute atomic E-state index is 14.0. The third-order valence-electron chi connectivity index (χ3n) is 3.36. The van der Waals surface area contributed by atoms with Crippen LogP contribution in [0.4, 0.5) is 4.39 Å². The van der Waals surface area contributed by atoms with E-state index in [2.05, 4.69) is 10.4 Å². The fourth-order valence-electron chi connectivity index (χ4n) is 2.02. The number of halogens is 1. The zero-order valence-corrected chi connectivity index (χ0v) is 12.3. The van der Waals surface area contributed by atoms with Crippen molar-refractivity contribution in [1.29, 1.82) is 0 Å². The highest BCUT2D eigenvalue weighted by Crippen LogP contribution is 2.22. The molecule has 20 heavy (non-hydrogen) atoms. The van der Waals surface area contributed by atoms with Gasteiger partial charge in [-0.1, -0.05) is 6.07 Å². The first-order valence-electron chi connectivity index (χ1n) is 6.60. The predicted molar refractivity (Wildman–Crippen MR) is 76.2 cm³/mol. The molecule has 0 saturated heterocycles. The van der Waals surface area contributed by atoms with Gasteiger partial charge in [0.25, 0.3) is 0 Å². The van der Waals surface area contributed by atoms with Crippen LogP contribution in [0.15, 0.2) is 24.3 Å². The lowest BCUT2D eigenvalue weighted by Gasteiger charge is -2.13. The first-order valence-corrected chi connectivity index (χ1v) is 6.60. The molecule has 2 aromatic rings. The number of aryl methyl sites for hydroxylation is 2. The second-order valence-electron chi connectivity index (χ2n) is 4.89. The average Bonchev–Trinajstić information content (AvgIpc) is 2.74. The van der Waals surface area contributed by atoms with Crippen molar-refractivity contribution in [2.45, 2.75) is 26.5 Å². The van der Waals surface area contributed by atoms with Crippen molar-refractivity contribution in [3.05, 3.63) is 47.0 Å². The first-order chi connectivity index (χ1) is 9.51. The van der Waals surface area contributed by atoms with E-state index in [9.17, 15) is 4.39 Å². The number of hydrogen-bond acceptors (Lipinski definition) is 3. The number of hydrogen-bond donors (Lipinski definition) is 1. The minimum absolute atomic E-state index is 0.110. The van der Waals surface area contributed by atoms with Gasteiger partial charge < -0.3 is 10.1 Å². The molecule has 1 unspecified atom stereocenters. The lowest BCUT2D eigenvalue weighted by molar-refractivity contribution is 0.280.